The smallest absolute Gasteiger partial charge is 0.261 e. The van der Waals surface area contributed by atoms with Gasteiger partial charge < -0.3 is 11.1 Å². The zero-order valence-corrected chi connectivity index (χ0v) is 12.9. The molecule has 0 fully saturated rings. The molecule has 0 radical (unpaired) electrons. The third-order valence-corrected chi connectivity index (χ3v) is 4.48. The van der Waals surface area contributed by atoms with E-state index in [2.05, 4.69) is 36.5 Å². The van der Waals surface area contributed by atoms with Gasteiger partial charge in [-0.15, -0.1) is 11.3 Å². The molecular weight excluding hydrogens is 268 g/mol. The number of thiophene rings is 1. The van der Waals surface area contributed by atoms with Crippen molar-refractivity contribution >= 4 is 22.9 Å². The van der Waals surface area contributed by atoms with Crippen LogP contribution in [0.3, 0.4) is 0 Å². The Balaban J connectivity index is 2.06. The van der Waals surface area contributed by atoms with Crippen molar-refractivity contribution in [2.24, 2.45) is 0 Å². The molecule has 20 heavy (non-hydrogen) atoms. The third kappa shape index (κ3) is 3.20. The summed E-state index contributed by atoms with van der Waals surface area (Å²) in [5.41, 5.74) is 8.87. The van der Waals surface area contributed by atoms with Crippen molar-refractivity contribution in [3.63, 3.8) is 0 Å². The number of rotatable bonds is 4. The molecule has 3 N–H and O–H groups in total. The number of carbonyl (C=O) groups excluding carboxylic acids is 1. The molecule has 0 saturated heterocycles. The highest BCUT2D eigenvalue weighted by molar-refractivity contribution is 7.14. The minimum Gasteiger partial charge on any atom is -0.398 e. The van der Waals surface area contributed by atoms with Crippen molar-refractivity contribution in [3.8, 4) is 0 Å². The monoisotopic (exact) mass is 288 g/mol. The highest BCUT2D eigenvalue weighted by Crippen LogP contribution is 2.24. The Morgan fingerprint density at radius 2 is 2.00 bits per heavy atom. The Labute approximate surface area is 123 Å². The zero-order chi connectivity index (χ0) is 14.7. The molecular formula is C16H20N2OS. The summed E-state index contributed by atoms with van der Waals surface area (Å²) in [6.07, 6.45) is 1.02. The van der Waals surface area contributed by atoms with Crippen LogP contribution in [0.4, 0.5) is 5.69 Å². The lowest BCUT2D eigenvalue weighted by atomic mass is 10.0. The molecule has 106 valence electrons. The Morgan fingerprint density at radius 3 is 2.50 bits per heavy atom. The number of carbonyl (C=O) groups is 1. The molecule has 2 rings (SSSR count). The number of aryl methyl sites for hydroxylation is 2. The topological polar surface area (TPSA) is 55.1 Å². The van der Waals surface area contributed by atoms with Crippen LogP contribution in [-0.4, -0.2) is 5.91 Å². The van der Waals surface area contributed by atoms with Crippen LogP contribution in [0, 0.1) is 6.92 Å². The number of anilines is 1. The molecule has 0 aliphatic rings. The number of nitrogen functional groups attached to an aromatic ring is 1. The van der Waals surface area contributed by atoms with E-state index in [1.165, 1.54) is 16.9 Å². The van der Waals surface area contributed by atoms with Gasteiger partial charge in [0.05, 0.1) is 10.9 Å². The van der Waals surface area contributed by atoms with Gasteiger partial charge in [-0.2, -0.15) is 0 Å². The average molecular weight is 288 g/mol. The van der Waals surface area contributed by atoms with Crippen LogP contribution >= 0.6 is 11.3 Å². The Hall–Kier alpha value is -1.81. The second kappa shape index (κ2) is 6.09. The van der Waals surface area contributed by atoms with Gasteiger partial charge in [-0.25, -0.2) is 0 Å². The molecule has 1 atom stereocenters. The first-order chi connectivity index (χ1) is 9.51. The van der Waals surface area contributed by atoms with Gasteiger partial charge in [0.25, 0.3) is 5.91 Å². The Morgan fingerprint density at radius 1 is 1.35 bits per heavy atom. The van der Waals surface area contributed by atoms with E-state index in [1.54, 1.807) is 6.07 Å². The van der Waals surface area contributed by atoms with Crippen molar-refractivity contribution < 1.29 is 4.79 Å². The van der Waals surface area contributed by atoms with Crippen LogP contribution in [0.25, 0.3) is 0 Å². The third-order valence-electron chi connectivity index (χ3n) is 3.42. The predicted molar refractivity (Wildman–Crippen MR) is 85.2 cm³/mol. The molecule has 0 aliphatic carbocycles. The highest BCUT2D eigenvalue weighted by Gasteiger charge is 2.14. The summed E-state index contributed by atoms with van der Waals surface area (Å²) in [6.45, 7) is 6.04. The molecule has 2 aromatic rings. The molecule has 1 amide bonds. The van der Waals surface area contributed by atoms with Gasteiger partial charge in [-0.3, -0.25) is 4.79 Å². The van der Waals surface area contributed by atoms with Crippen LogP contribution < -0.4 is 11.1 Å². The van der Waals surface area contributed by atoms with E-state index < -0.39 is 0 Å². The van der Waals surface area contributed by atoms with Crippen molar-refractivity contribution in [2.45, 2.75) is 33.2 Å². The summed E-state index contributed by atoms with van der Waals surface area (Å²) >= 11 is 1.43. The van der Waals surface area contributed by atoms with E-state index in [-0.39, 0.29) is 11.9 Å². The fourth-order valence-electron chi connectivity index (χ4n) is 2.00. The van der Waals surface area contributed by atoms with Crippen molar-refractivity contribution in [1.82, 2.24) is 5.32 Å². The number of hydrogen-bond donors (Lipinski definition) is 2. The number of hydrogen-bond acceptors (Lipinski definition) is 3. The second-order valence-corrected chi connectivity index (χ2v) is 6.17. The fourth-order valence-corrected chi connectivity index (χ4v) is 2.85. The maximum atomic E-state index is 12.2. The minimum atomic E-state index is -0.0677. The molecule has 3 nitrogen and oxygen atoms in total. The van der Waals surface area contributed by atoms with Crippen LogP contribution in [0.5, 0.6) is 0 Å². The normalized spacial score (nSPS) is 12.2. The molecule has 0 bridgehead atoms. The van der Waals surface area contributed by atoms with Gasteiger partial charge in [-0.05, 0) is 37.5 Å². The summed E-state index contributed by atoms with van der Waals surface area (Å²) in [6, 6.07) is 10.1. The first kappa shape index (κ1) is 14.6. The average Bonchev–Trinajstić information content (AvgIpc) is 2.79. The van der Waals surface area contributed by atoms with Gasteiger partial charge in [-0.1, -0.05) is 31.2 Å². The molecule has 0 saturated carbocycles. The van der Waals surface area contributed by atoms with E-state index in [0.29, 0.717) is 10.6 Å². The minimum absolute atomic E-state index is 0.0166. The van der Waals surface area contributed by atoms with Gasteiger partial charge in [0, 0.05) is 10.6 Å². The van der Waals surface area contributed by atoms with Crippen LogP contribution in [0.15, 0.2) is 30.3 Å². The zero-order valence-electron chi connectivity index (χ0n) is 12.1. The molecule has 0 spiro atoms. The quantitative estimate of drug-likeness (QED) is 0.901. The highest BCUT2D eigenvalue weighted by atomic mass is 32.1. The van der Waals surface area contributed by atoms with Crippen molar-refractivity contribution in [2.75, 3.05) is 5.73 Å². The van der Waals surface area contributed by atoms with Crippen molar-refractivity contribution in [1.29, 1.82) is 0 Å². The first-order valence-electron chi connectivity index (χ1n) is 6.77. The maximum absolute atomic E-state index is 12.2. The maximum Gasteiger partial charge on any atom is 0.261 e. The molecule has 1 aromatic carbocycles. The lowest BCUT2D eigenvalue weighted by Crippen LogP contribution is -2.25. The first-order valence-corrected chi connectivity index (χ1v) is 7.58. The second-order valence-electron chi connectivity index (χ2n) is 4.91. The van der Waals surface area contributed by atoms with Crippen LogP contribution in [0.2, 0.25) is 0 Å². The summed E-state index contributed by atoms with van der Waals surface area (Å²) < 4.78 is 0. The largest absolute Gasteiger partial charge is 0.398 e. The van der Waals surface area contributed by atoms with E-state index in [1.807, 2.05) is 13.8 Å². The van der Waals surface area contributed by atoms with Crippen LogP contribution in [0.1, 0.15) is 45.6 Å². The van der Waals surface area contributed by atoms with E-state index >= 15 is 0 Å². The van der Waals surface area contributed by atoms with Gasteiger partial charge in [0.15, 0.2) is 0 Å². The van der Waals surface area contributed by atoms with Crippen LogP contribution in [-0.2, 0) is 6.42 Å². The SMILES string of the molecule is CCc1ccc(C(C)NC(=O)c2cc(N)c(C)s2)cc1. The summed E-state index contributed by atoms with van der Waals surface area (Å²) in [5.74, 6) is -0.0677. The number of amides is 1. The van der Waals surface area contributed by atoms with E-state index in [9.17, 15) is 4.79 Å². The fraction of sp³-hybridized carbons (Fsp3) is 0.312. The summed E-state index contributed by atoms with van der Waals surface area (Å²) in [5, 5.41) is 3.01. The molecule has 1 heterocycles. The molecule has 1 unspecified atom stereocenters. The lowest BCUT2D eigenvalue weighted by molar-refractivity contribution is 0.0944. The van der Waals surface area contributed by atoms with Gasteiger partial charge >= 0.3 is 0 Å². The molecule has 0 aliphatic heterocycles. The molecule has 1 aromatic heterocycles. The number of nitrogens with two attached hydrogens (primary N) is 1. The van der Waals surface area contributed by atoms with Crippen molar-refractivity contribution in [3.05, 3.63) is 51.2 Å². The van der Waals surface area contributed by atoms with E-state index in [4.69, 9.17) is 5.73 Å². The standard InChI is InChI=1S/C16H20N2OS/c1-4-12-5-7-13(8-6-12)10(2)18-16(19)15-9-14(17)11(3)20-15/h5-10H,4,17H2,1-3H3,(H,18,19). The Kier molecular flexibility index (Phi) is 4.45. The van der Waals surface area contributed by atoms with Gasteiger partial charge in [0.2, 0.25) is 0 Å². The summed E-state index contributed by atoms with van der Waals surface area (Å²) in [4.78, 5) is 13.8. The van der Waals surface area contributed by atoms with Gasteiger partial charge in [0.1, 0.15) is 0 Å². The number of nitrogens with one attached hydrogen (secondary N) is 1. The van der Waals surface area contributed by atoms with E-state index in [0.717, 1.165) is 16.9 Å². The summed E-state index contributed by atoms with van der Waals surface area (Å²) in [7, 11) is 0. The number of benzene rings is 1. The molecule has 4 heteroatoms. The lowest BCUT2D eigenvalue weighted by Gasteiger charge is -2.14. The predicted octanol–water partition coefficient (Wildman–Crippen LogP) is 3.69. The Bertz CT molecular complexity index is 582.